The first-order chi connectivity index (χ1) is 13.6. The number of esters is 1. The van der Waals surface area contributed by atoms with Gasteiger partial charge in [-0.2, -0.15) is 0 Å². The zero-order valence-electron chi connectivity index (χ0n) is 15.8. The van der Waals surface area contributed by atoms with Crippen molar-refractivity contribution in [2.75, 3.05) is 18.6 Å². The number of anilines is 1. The monoisotopic (exact) mass is 379 g/mol. The highest BCUT2D eigenvalue weighted by Crippen LogP contribution is 2.32. The lowest BCUT2D eigenvalue weighted by atomic mass is 10.1. The maximum Gasteiger partial charge on any atom is 0.310 e. The molecule has 0 saturated heterocycles. The summed E-state index contributed by atoms with van der Waals surface area (Å²) >= 11 is 0. The summed E-state index contributed by atoms with van der Waals surface area (Å²) < 4.78 is 15.9. The molecule has 0 N–H and O–H groups in total. The van der Waals surface area contributed by atoms with Crippen LogP contribution in [0, 0.1) is 0 Å². The SMILES string of the molecule is COc1ccc2c(CC(=O)OCC(=O)N3c4ccccc4C[C@H]3C)coc2c1. The van der Waals surface area contributed by atoms with Crippen LogP contribution in [0.15, 0.2) is 53.1 Å². The highest BCUT2D eigenvalue weighted by Gasteiger charge is 2.31. The van der Waals surface area contributed by atoms with Crippen molar-refractivity contribution < 1.29 is 23.5 Å². The molecule has 1 aliphatic rings. The molecule has 0 saturated carbocycles. The van der Waals surface area contributed by atoms with Gasteiger partial charge < -0.3 is 18.8 Å². The van der Waals surface area contributed by atoms with Crippen LogP contribution in [0.5, 0.6) is 5.75 Å². The number of hydrogen-bond acceptors (Lipinski definition) is 5. The number of carbonyl (C=O) groups is 2. The average Bonchev–Trinajstić information content (AvgIpc) is 3.25. The summed E-state index contributed by atoms with van der Waals surface area (Å²) in [6.45, 7) is 1.71. The van der Waals surface area contributed by atoms with Gasteiger partial charge in [-0.3, -0.25) is 9.59 Å². The largest absolute Gasteiger partial charge is 0.497 e. The Bertz CT molecular complexity index is 1040. The number of carbonyl (C=O) groups excluding carboxylic acids is 2. The number of fused-ring (bicyclic) bond motifs is 2. The molecular formula is C22H21NO5. The maximum atomic E-state index is 12.6. The lowest BCUT2D eigenvalue weighted by Gasteiger charge is -2.22. The Kier molecular flexibility index (Phi) is 4.77. The fourth-order valence-electron chi connectivity index (χ4n) is 3.69. The van der Waals surface area contributed by atoms with E-state index >= 15 is 0 Å². The Morgan fingerprint density at radius 1 is 1.21 bits per heavy atom. The Labute approximate surface area is 162 Å². The van der Waals surface area contributed by atoms with Crippen LogP contribution in [0.4, 0.5) is 5.69 Å². The van der Waals surface area contributed by atoms with Gasteiger partial charge in [0.1, 0.15) is 11.3 Å². The van der Waals surface area contributed by atoms with Crippen molar-refractivity contribution in [1.29, 1.82) is 0 Å². The Balaban J connectivity index is 1.39. The predicted molar refractivity (Wildman–Crippen MR) is 105 cm³/mol. The summed E-state index contributed by atoms with van der Waals surface area (Å²) in [5.74, 6) is 0.00109. The van der Waals surface area contributed by atoms with Gasteiger partial charge in [-0.1, -0.05) is 18.2 Å². The number of furan rings is 1. The van der Waals surface area contributed by atoms with Crippen molar-refractivity contribution in [1.82, 2.24) is 0 Å². The molecule has 0 fully saturated rings. The molecular weight excluding hydrogens is 358 g/mol. The molecule has 1 atom stereocenters. The molecule has 2 heterocycles. The van der Waals surface area contributed by atoms with Gasteiger partial charge in [0, 0.05) is 28.7 Å². The van der Waals surface area contributed by atoms with E-state index in [9.17, 15) is 9.59 Å². The average molecular weight is 379 g/mol. The third kappa shape index (κ3) is 3.33. The van der Waals surface area contributed by atoms with Gasteiger partial charge >= 0.3 is 5.97 Å². The van der Waals surface area contributed by atoms with E-state index in [4.69, 9.17) is 13.9 Å². The molecule has 6 heteroatoms. The molecule has 6 nitrogen and oxygen atoms in total. The molecule has 0 unspecified atom stereocenters. The summed E-state index contributed by atoms with van der Waals surface area (Å²) in [6.07, 6.45) is 2.38. The Hall–Kier alpha value is -3.28. The second kappa shape index (κ2) is 7.38. The lowest BCUT2D eigenvalue weighted by molar-refractivity contribution is -0.147. The first-order valence-electron chi connectivity index (χ1n) is 9.16. The number of para-hydroxylation sites is 1. The van der Waals surface area contributed by atoms with E-state index in [2.05, 4.69) is 0 Å². The van der Waals surface area contributed by atoms with Gasteiger partial charge in [-0.05, 0) is 37.1 Å². The van der Waals surface area contributed by atoms with Gasteiger partial charge in [0.15, 0.2) is 6.61 Å². The maximum absolute atomic E-state index is 12.6. The summed E-state index contributed by atoms with van der Waals surface area (Å²) in [4.78, 5) is 26.6. The number of rotatable bonds is 5. The van der Waals surface area contributed by atoms with Gasteiger partial charge in [0.2, 0.25) is 0 Å². The molecule has 1 aromatic heterocycles. The number of methoxy groups -OCH3 is 1. The van der Waals surface area contributed by atoms with Crippen LogP contribution in [-0.4, -0.2) is 31.6 Å². The summed E-state index contributed by atoms with van der Waals surface area (Å²) in [5.41, 5.74) is 3.39. The summed E-state index contributed by atoms with van der Waals surface area (Å²) in [5, 5.41) is 0.825. The normalized spacial score (nSPS) is 15.5. The third-order valence-corrected chi connectivity index (χ3v) is 5.03. The van der Waals surface area contributed by atoms with E-state index in [0.29, 0.717) is 11.3 Å². The van der Waals surface area contributed by atoms with E-state index in [1.54, 1.807) is 18.1 Å². The Morgan fingerprint density at radius 3 is 2.86 bits per heavy atom. The molecule has 2 aromatic carbocycles. The van der Waals surface area contributed by atoms with E-state index in [0.717, 1.165) is 28.6 Å². The summed E-state index contributed by atoms with van der Waals surface area (Å²) in [6, 6.07) is 13.3. The summed E-state index contributed by atoms with van der Waals surface area (Å²) in [7, 11) is 1.58. The second-order valence-electron chi connectivity index (χ2n) is 6.91. The van der Waals surface area contributed by atoms with Gasteiger partial charge in [-0.25, -0.2) is 0 Å². The van der Waals surface area contributed by atoms with Crippen molar-refractivity contribution in [2.24, 2.45) is 0 Å². The molecule has 1 amide bonds. The molecule has 4 rings (SSSR count). The van der Waals surface area contributed by atoms with E-state index in [1.165, 1.54) is 6.26 Å². The van der Waals surface area contributed by atoms with Crippen LogP contribution >= 0.6 is 0 Å². The lowest BCUT2D eigenvalue weighted by Crippen LogP contribution is -2.38. The first-order valence-corrected chi connectivity index (χ1v) is 9.16. The number of amides is 1. The van der Waals surface area contributed by atoms with Crippen LogP contribution in [-0.2, 0) is 27.2 Å². The van der Waals surface area contributed by atoms with E-state index < -0.39 is 5.97 Å². The zero-order valence-corrected chi connectivity index (χ0v) is 15.8. The fourth-order valence-corrected chi connectivity index (χ4v) is 3.69. The van der Waals surface area contributed by atoms with Gasteiger partial charge in [0.05, 0.1) is 19.8 Å². The molecule has 0 radical (unpaired) electrons. The van der Waals surface area contributed by atoms with Crippen LogP contribution in [0.25, 0.3) is 11.0 Å². The molecule has 0 aliphatic carbocycles. The van der Waals surface area contributed by atoms with Crippen LogP contribution in [0.1, 0.15) is 18.1 Å². The van der Waals surface area contributed by atoms with Crippen molar-refractivity contribution in [3.05, 3.63) is 59.9 Å². The van der Waals surface area contributed by atoms with Crippen molar-refractivity contribution in [2.45, 2.75) is 25.8 Å². The molecule has 1 aliphatic heterocycles. The molecule has 144 valence electrons. The van der Waals surface area contributed by atoms with Crippen molar-refractivity contribution in [3.8, 4) is 5.75 Å². The standard InChI is InChI=1S/C22H21NO5/c1-14-9-15-5-3-4-6-19(15)23(14)21(24)13-28-22(25)10-16-12-27-20-11-17(26-2)7-8-18(16)20/h3-8,11-12,14H,9-10,13H2,1-2H3/t14-/m1/s1. The minimum absolute atomic E-state index is 0.0404. The highest BCUT2D eigenvalue weighted by molar-refractivity contribution is 5.98. The van der Waals surface area contributed by atoms with Crippen LogP contribution < -0.4 is 9.64 Å². The van der Waals surface area contributed by atoms with Crippen molar-refractivity contribution in [3.63, 3.8) is 0 Å². The minimum atomic E-state index is -0.466. The number of nitrogens with zero attached hydrogens (tertiary/aromatic N) is 1. The van der Waals surface area contributed by atoms with Crippen LogP contribution in [0.3, 0.4) is 0 Å². The molecule has 0 bridgehead atoms. The highest BCUT2D eigenvalue weighted by atomic mass is 16.5. The van der Waals surface area contributed by atoms with E-state index in [1.807, 2.05) is 43.3 Å². The van der Waals surface area contributed by atoms with Gasteiger partial charge in [0.25, 0.3) is 5.91 Å². The predicted octanol–water partition coefficient (Wildman–Crippen LogP) is 3.50. The van der Waals surface area contributed by atoms with Gasteiger partial charge in [-0.15, -0.1) is 0 Å². The smallest absolute Gasteiger partial charge is 0.310 e. The topological polar surface area (TPSA) is 69.0 Å². The van der Waals surface area contributed by atoms with Crippen molar-refractivity contribution >= 4 is 28.5 Å². The Morgan fingerprint density at radius 2 is 2.04 bits per heavy atom. The first kappa shape index (κ1) is 18.1. The number of ether oxygens (including phenoxy) is 2. The van der Waals surface area contributed by atoms with Crippen LogP contribution in [0.2, 0.25) is 0 Å². The number of benzene rings is 2. The molecule has 28 heavy (non-hydrogen) atoms. The minimum Gasteiger partial charge on any atom is -0.497 e. The zero-order chi connectivity index (χ0) is 19.7. The molecule has 3 aromatic rings. The van der Waals surface area contributed by atoms with E-state index in [-0.39, 0.29) is 25.0 Å². The molecule has 0 spiro atoms. The number of hydrogen-bond donors (Lipinski definition) is 0. The third-order valence-electron chi connectivity index (χ3n) is 5.03. The fraction of sp³-hybridized carbons (Fsp3) is 0.273. The second-order valence-corrected chi connectivity index (χ2v) is 6.91. The quantitative estimate of drug-likeness (QED) is 0.635.